The van der Waals surface area contributed by atoms with Crippen molar-refractivity contribution in [1.29, 1.82) is 0 Å². The Kier molecular flexibility index (Phi) is 3.87. The summed E-state index contributed by atoms with van der Waals surface area (Å²) in [6.45, 7) is 0. The highest BCUT2D eigenvalue weighted by Crippen LogP contribution is 2.27. The molecule has 0 aliphatic rings. The highest BCUT2D eigenvalue weighted by Gasteiger charge is 2.30. The molecule has 0 radical (unpaired) electrons. The molecule has 0 atom stereocenters. The van der Waals surface area contributed by atoms with E-state index in [9.17, 15) is 26.7 Å². The van der Waals surface area contributed by atoms with Crippen LogP contribution in [0, 0.1) is 29.1 Å². The number of nitrogens with two attached hydrogens (primary N) is 1. The molecule has 0 aromatic heterocycles. The predicted octanol–water partition coefficient (Wildman–Crippen LogP) is 3.85. The van der Waals surface area contributed by atoms with Crippen LogP contribution in [-0.2, 0) is 0 Å². The number of ketones is 1. The highest BCUT2D eigenvalue weighted by atomic mass is 35.5. The average Bonchev–Trinajstić information content (AvgIpc) is 2.46. The molecule has 2 rings (SSSR count). The van der Waals surface area contributed by atoms with E-state index in [1.54, 1.807) is 0 Å². The largest absolute Gasteiger partial charge is 0.398 e. The Hall–Kier alpha value is -2.15. The summed E-state index contributed by atoms with van der Waals surface area (Å²) in [7, 11) is 0. The van der Waals surface area contributed by atoms with E-state index >= 15 is 0 Å². The van der Waals surface area contributed by atoms with Crippen molar-refractivity contribution in [3.8, 4) is 0 Å². The summed E-state index contributed by atoms with van der Waals surface area (Å²) in [5.74, 6) is -12.5. The van der Waals surface area contributed by atoms with Crippen molar-refractivity contribution in [2.24, 2.45) is 0 Å². The first-order valence-electron chi connectivity index (χ1n) is 5.36. The van der Waals surface area contributed by atoms with E-state index in [1.807, 2.05) is 0 Å². The second-order valence-electron chi connectivity index (χ2n) is 4.01. The molecule has 0 aliphatic carbocycles. The summed E-state index contributed by atoms with van der Waals surface area (Å²) in [5.41, 5.74) is 3.57. The van der Waals surface area contributed by atoms with Crippen molar-refractivity contribution in [2.45, 2.75) is 0 Å². The van der Waals surface area contributed by atoms with Gasteiger partial charge in [-0.1, -0.05) is 11.6 Å². The van der Waals surface area contributed by atoms with E-state index in [-0.39, 0.29) is 16.3 Å². The maximum absolute atomic E-state index is 13.5. The second-order valence-corrected chi connectivity index (χ2v) is 4.42. The van der Waals surface area contributed by atoms with Crippen LogP contribution in [0.25, 0.3) is 0 Å². The van der Waals surface area contributed by atoms with E-state index in [1.165, 1.54) is 6.07 Å². The molecule has 2 N–H and O–H groups in total. The normalized spacial score (nSPS) is 10.8. The summed E-state index contributed by atoms with van der Waals surface area (Å²) < 4.78 is 66.1. The third kappa shape index (κ3) is 2.44. The molecule has 2 nitrogen and oxygen atoms in total. The van der Waals surface area contributed by atoms with Gasteiger partial charge >= 0.3 is 0 Å². The fourth-order valence-electron chi connectivity index (χ4n) is 1.62. The zero-order chi connectivity index (χ0) is 15.9. The van der Waals surface area contributed by atoms with Gasteiger partial charge in [0.25, 0.3) is 0 Å². The Labute approximate surface area is 119 Å². The first-order valence-corrected chi connectivity index (χ1v) is 5.74. The number of hydrogen-bond acceptors (Lipinski definition) is 2. The molecule has 110 valence electrons. The second kappa shape index (κ2) is 5.33. The lowest BCUT2D eigenvalue weighted by Crippen LogP contribution is -2.13. The number of anilines is 1. The Balaban J connectivity index is 2.66. The van der Waals surface area contributed by atoms with Gasteiger partial charge in [-0.3, -0.25) is 4.79 Å². The molecular weight excluding hydrogens is 317 g/mol. The monoisotopic (exact) mass is 321 g/mol. The Morgan fingerprint density at radius 1 is 0.905 bits per heavy atom. The third-order valence-corrected chi connectivity index (χ3v) is 3.03. The van der Waals surface area contributed by atoms with E-state index in [0.717, 1.165) is 12.1 Å². The smallest absolute Gasteiger partial charge is 0.200 e. The molecule has 0 unspecified atom stereocenters. The van der Waals surface area contributed by atoms with Crippen LogP contribution in [0.2, 0.25) is 5.02 Å². The van der Waals surface area contributed by atoms with Crippen LogP contribution in [0.4, 0.5) is 27.6 Å². The molecule has 0 heterocycles. The number of carbonyl (C=O) groups excluding carboxylic acids is 1. The van der Waals surface area contributed by atoms with E-state index in [2.05, 4.69) is 0 Å². The van der Waals surface area contributed by atoms with Crippen LogP contribution in [0.3, 0.4) is 0 Å². The van der Waals surface area contributed by atoms with Gasteiger partial charge in [-0.2, -0.15) is 0 Å². The molecule has 2 aromatic carbocycles. The fourth-order valence-corrected chi connectivity index (χ4v) is 1.80. The quantitative estimate of drug-likeness (QED) is 0.300. The number of nitrogen functional groups attached to an aromatic ring is 1. The maximum atomic E-state index is 13.5. The van der Waals surface area contributed by atoms with Gasteiger partial charge < -0.3 is 5.73 Å². The molecule has 21 heavy (non-hydrogen) atoms. The highest BCUT2D eigenvalue weighted by molar-refractivity contribution is 6.33. The first-order chi connectivity index (χ1) is 9.75. The standard InChI is InChI=1S/C13H5ClF5NO/c14-5-3-4(1-2-6(5)20)13(21)7-8(15)10(17)12(19)11(18)9(7)16/h1-3H,20H2. The van der Waals surface area contributed by atoms with Gasteiger partial charge in [0.15, 0.2) is 29.1 Å². The SMILES string of the molecule is Nc1ccc(C(=O)c2c(F)c(F)c(F)c(F)c2F)cc1Cl. The summed E-state index contributed by atoms with van der Waals surface area (Å²) in [5, 5.41) is -0.0929. The van der Waals surface area contributed by atoms with Gasteiger partial charge in [0.05, 0.1) is 10.7 Å². The van der Waals surface area contributed by atoms with Crippen molar-refractivity contribution in [2.75, 3.05) is 5.73 Å². The van der Waals surface area contributed by atoms with Crippen LogP contribution in [-0.4, -0.2) is 5.78 Å². The van der Waals surface area contributed by atoms with E-state index in [0.29, 0.717) is 0 Å². The molecule has 0 fully saturated rings. The first kappa shape index (κ1) is 15.2. The zero-order valence-corrected chi connectivity index (χ0v) is 10.7. The number of rotatable bonds is 2. The Morgan fingerprint density at radius 2 is 1.38 bits per heavy atom. The van der Waals surface area contributed by atoms with Crippen LogP contribution in [0.5, 0.6) is 0 Å². The lowest BCUT2D eigenvalue weighted by molar-refractivity contribution is 0.102. The minimum absolute atomic E-state index is 0.0885. The lowest BCUT2D eigenvalue weighted by Gasteiger charge is -2.08. The molecule has 0 bridgehead atoms. The number of carbonyl (C=O) groups is 1. The molecule has 0 aliphatic heterocycles. The van der Waals surface area contributed by atoms with Crippen LogP contribution in [0.15, 0.2) is 18.2 Å². The minimum atomic E-state index is -2.34. The van der Waals surface area contributed by atoms with E-state index < -0.39 is 40.4 Å². The van der Waals surface area contributed by atoms with Gasteiger partial charge in [0.1, 0.15) is 5.56 Å². The summed E-state index contributed by atoms with van der Waals surface area (Å²) in [4.78, 5) is 11.9. The van der Waals surface area contributed by atoms with Crippen molar-refractivity contribution in [3.05, 3.63) is 63.4 Å². The van der Waals surface area contributed by atoms with Crippen LogP contribution >= 0.6 is 11.6 Å². The third-order valence-electron chi connectivity index (χ3n) is 2.70. The zero-order valence-electron chi connectivity index (χ0n) is 9.99. The van der Waals surface area contributed by atoms with Gasteiger partial charge in [0, 0.05) is 5.56 Å². The van der Waals surface area contributed by atoms with Gasteiger partial charge in [-0.25, -0.2) is 22.0 Å². The molecule has 0 saturated heterocycles. The summed E-state index contributed by atoms with van der Waals surface area (Å²) in [6, 6.07) is 3.19. The van der Waals surface area contributed by atoms with Crippen LogP contribution < -0.4 is 5.73 Å². The number of benzene rings is 2. The molecular formula is C13H5ClF5NO. The molecule has 0 amide bonds. The van der Waals surface area contributed by atoms with Crippen molar-refractivity contribution in [1.82, 2.24) is 0 Å². The van der Waals surface area contributed by atoms with Gasteiger partial charge in [-0.15, -0.1) is 0 Å². The number of hydrogen-bond donors (Lipinski definition) is 1. The molecule has 2 aromatic rings. The predicted molar refractivity (Wildman–Crippen MR) is 65.5 cm³/mol. The topological polar surface area (TPSA) is 43.1 Å². The maximum Gasteiger partial charge on any atom is 0.200 e. The Bertz CT molecular complexity index is 734. The summed E-state index contributed by atoms with van der Waals surface area (Å²) in [6.07, 6.45) is 0. The minimum Gasteiger partial charge on any atom is -0.398 e. The van der Waals surface area contributed by atoms with Gasteiger partial charge in [0.2, 0.25) is 5.82 Å². The molecule has 8 heteroatoms. The Morgan fingerprint density at radius 3 is 1.86 bits per heavy atom. The lowest BCUT2D eigenvalue weighted by atomic mass is 10.0. The van der Waals surface area contributed by atoms with Crippen molar-refractivity contribution >= 4 is 23.1 Å². The fraction of sp³-hybridized carbons (Fsp3) is 0. The van der Waals surface area contributed by atoms with Crippen LogP contribution in [0.1, 0.15) is 15.9 Å². The van der Waals surface area contributed by atoms with E-state index in [4.69, 9.17) is 17.3 Å². The number of halogens is 6. The molecule has 0 saturated carbocycles. The van der Waals surface area contributed by atoms with Crippen molar-refractivity contribution < 1.29 is 26.7 Å². The van der Waals surface area contributed by atoms with Crippen molar-refractivity contribution in [3.63, 3.8) is 0 Å². The van der Waals surface area contributed by atoms with Gasteiger partial charge in [-0.05, 0) is 18.2 Å². The average molecular weight is 322 g/mol. The molecule has 0 spiro atoms. The summed E-state index contributed by atoms with van der Waals surface area (Å²) >= 11 is 5.64.